The maximum atomic E-state index is 14.6. The van der Waals surface area contributed by atoms with Gasteiger partial charge in [0.1, 0.15) is 23.6 Å². The largest absolute Gasteiger partial charge is 0.501 e. The van der Waals surface area contributed by atoms with E-state index in [4.69, 9.17) is 9.26 Å². The third-order valence-electron chi connectivity index (χ3n) is 6.84. The average molecular weight is 550 g/mol. The number of aromatic nitrogens is 5. The number of aryl methyl sites for hydroxylation is 1. The van der Waals surface area contributed by atoms with E-state index in [-0.39, 0.29) is 17.1 Å². The zero-order chi connectivity index (χ0) is 29.1. The van der Waals surface area contributed by atoms with Crippen LogP contribution in [0, 0.1) is 31.0 Å². The number of halogens is 1. The van der Waals surface area contributed by atoms with E-state index in [1.54, 1.807) is 25.6 Å². The van der Waals surface area contributed by atoms with Crippen molar-refractivity contribution >= 4 is 11.6 Å². The third-order valence-corrected chi connectivity index (χ3v) is 6.84. The summed E-state index contributed by atoms with van der Waals surface area (Å²) in [6.45, 7) is 6.28. The van der Waals surface area contributed by atoms with E-state index in [9.17, 15) is 24.3 Å². The van der Waals surface area contributed by atoms with Gasteiger partial charge in [-0.3, -0.25) is 18.8 Å². The number of carbonyl (C=O) groups excluding carboxylic acids is 1. The van der Waals surface area contributed by atoms with Crippen LogP contribution in [0.15, 0.2) is 40.0 Å². The van der Waals surface area contributed by atoms with Gasteiger partial charge in [-0.2, -0.15) is 10.4 Å². The summed E-state index contributed by atoms with van der Waals surface area (Å²) in [5, 5.41) is 31.1. The number of hydrogen-bond acceptors (Lipinski definition) is 9. The van der Waals surface area contributed by atoms with Crippen LogP contribution < -0.4 is 10.9 Å². The molecule has 40 heavy (non-hydrogen) atoms. The first kappa shape index (κ1) is 28.2. The fraction of sp³-hybridized carbons (Fsp3) is 0.333. The summed E-state index contributed by atoms with van der Waals surface area (Å²) in [6.07, 6.45) is 2.42. The van der Waals surface area contributed by atoms with E-state index in [0.29, 0.717) is 30.0 Å². The molecule has 2 N–H and O–H groups in total. The number of amides is 1. The number of anilines is 1. The maximum absolute atomic E-state index is 14.6. The SMILES string of the molecule is COCCn1nc(C)c([C@@H](c2cc(F)ccc2C#N)[C@@H](C)c2nc(C(=O)Nc3cnoc3)c(O)c(=O)n2C)c1C. The Bertz CT molecular complexity index is 1650. The number of benzene rings is 1. The molecule has 1 amide bonds. The highest BCUT2D eigenvalue weighted by atomic mass is 19.1. The number of carbonyl (C=O) groups is 1. The van der Waals surface area contributed by atoms with Crippen molar-refractivity contribution in [3.8, 4) is 11.8 Å². The Kier molecular flexibility index (Phi) is 8.11. The molecule has 0 aliphatic rings. The van der Waals surface area contributed by atoms with Gasteiger partial charge in [-0.1, -0.05) is 12.1 Å². The zero-order valence-corrected chi connectivity index (χ0v) is 22.6. The Morgan fingerprint density at radius 2 is 2.10 bits per heavy atom. The fourth-order valence-corrected chi connectivity index (χ4v) is 4.90. The smallest absolute Gasteiger partial charge is 0.296 e. The molecule has 0 aliphatic carbocycles. The highest BCUT2D eigenvalue weighted by Crippen LogP contribution is 2.42. The molecule has 208 valence electrons. The van der Waals surface area contributed by atoms with Crippen molar-refractivity contribution in [1.29, 1.82) is 5.26 Å². The lowest BCUT2D eigenvalue weighted by molar-refractivity contribution is 0.101. The number of hydrogen-bond donors (Lipinski definition) is 2. The Morgan fingerprint density at radius 3 is 2.75 bits per heavy atom. The van der Waals surface area contributed by atoms with Crippen molar-refractivity contribution in [1.82, 2.24) is 24.5 Å². The predicted molar refractivity (Wildman–Crippen MR) is 141 cm³/mol. The minimum absolute atomic E-state index is 0.125. The van der Waals surface area contributed by atoms with Gasteiger partial charge in [0.05, 0.1) is 36.7 Å². The summed E-state index contributed by atoms with van der Waals surface area (Å²) in [7, 11) is 3.00. The molecule has 0 bridgehead atoms. The number of nitrogens with zero attached hydrogens (tertiary/aromatic N) is 6. The normalized spacial score (nSPS) is 12.6. The second-order valence-corrected chi connectivity index (χ2v) is 9.31. The van der Waals surface area contributed by atoms with Crippen LogP contribution in [-0.2, 0) is 18.3 Å². The van der Waals surface area contributed by atoms with Gasteiger partial charge in [0, 0.05) is 37.3 Å². The molecule has 0 radical (unpaired) electrons. The molecule has 1 aromatic carbocycles. The van der Waals surface area contributed by atoms with Gasteiger partial charge in [0.2, 0.25) is 5.75 Å². The van der Waals surface area contributed by atoms with Gasteiger partial charge in [-0.15, -0.1) is 0 Å². The highest BCUT2D eigenvalue weighted by molar-refractivity contribution is 6.04. The van der Waals surface area contributed by atoms with Crippen molar-refractivity contribution in [2.75, 3.05) is 19.0 Å². The maximum Gasteiger partial charge on any atom is 0.296 e. The fourth-order valence-electron chi connectivity index (χ4n) is 4.90. The Morgan fingerprint density at radius 1 is 1.35 bits per heavy atom. The number of nitrogens with one attached hydrogen (secondary N) is 1. The van der Waals surface area contributed by atoms with E-state index in [2.05, 4.69) is 26.6 Å². The van der Waals surface area contributed by atoms with Gasteiger partial charge in [-0.25, -0.2) is 9.37 Å². The van der Waals surface area contributed by atoms with Gasteiger partial charge in [-0.05, 0) is 37.6 Å². The van der Waals surface area contributed by atoms with Crippen LogP contribution in [0.1, 0.15) is 63.2 Å². The molecule has 0 saturated heterocycles. The van der Waals surface area contributed by atoms with Crippen LogP contribution >= 0.6 is 0 Å². The first-order valence-electron chi connectivity index (χ1n) is 12.3. The number of nitriles is 1. The Labute approximate surface area is 228 Å². The molecule has 3 heterocycles. The summed E-state index contributed by atoms with van der Waals surface area (Å²) in [6, 6.07) is 6.00. The average Bonchev–Trinajstić information content (AvgIpc) is 3.54. The molecule has 13 heteroatoms. The molecule has 2 atom stereocenters. The van der Waals surface area contributed by atoms with Gasteiger partial charge >= 0.3 is 0 Å². The number of rotatable bonds is 9. The van der Waals surface area contributed by atoms with Crippen LogP contribution in [0.2, 0.25) is 0 Å². The molecule has 12 nitrogen and oxygen atoms in total. The standard InChI is InChI=1S/C27H28FN7O5/c1-14(25-32-23(24(36)27(38)34(25)4)26(37)31-19-12-30-40-13-19)21(20-10-18(28)7-6-17(20)11-29)22-15(2)33-35(16(22)3)8-9-39-5/h6-7,10,12-14,21,36H,8-9H2,1-5H3,(H,31,37)/t14-,21-/m1/s1. The number of aromatic hydroxyl groups is 1. The monoisotopic (exact) mass is 549 g/mol. The molecule has 0 aliphatic heterocycles. The predicted octanol–water partition coefficient (Wildman–Crippen LogP) is 3.13. The molecule has 0 fully saturated rings. The molecular weight excluding hydrogens is 521 g/mol. The molecule has 0 unspecified atom stereocenters. The summed E-state index contributed by atoms with van der Waals surface area (Å²) in [5.74, 6) is -3.53. The van der Waals surface area contributed by atoms with Crippen molar-refractivity contribution < 1.29 is 23.6 Å². The summed E-state index contributed by atoms with van der Waals surface area (Å²) < 4.78 is 27.4. The van der Waals surface area contributed by atoms with E-state index in [1.807, 2.05) is 6.92 Å². The quantitative estimate of drug-likeness (QED) is 0.319. The second kappa shape index (κ2) is 11.5. The topological polar surface area (TPSA) is 161 Å². The lowest BCUT2D eigenvalue weighted by atomic mass is 9.78. The molecular formula is C27H28FN7O5. The van der Waals surface area contributed by atoms with Gasteiger partial charge in [0.25, 0.3) is 11.5 Å². The van der Waals surface area contributed by atoms with E-state index < -0.39 is 40.6 Å². The lowest BCUT2D eigenvalue weighted by Gasteiger charge is -2.27. The van der Waals surface area contributed by atoms with Crippen LogP contribution in [0.5, 0.6) is 5.75 Å². The lowest BCUT2D eigenvalue weighted by Crippen LogP contribution is -2.30. The van der Waals surface area contributed by atoms with Crippen LogP contribution in [-0.4, -0.2) is 49.2 Å². The van der Waals surface area contributed by atoms with Gasteiger partial charge < -0.3 is 19.7 Å². The number of methoxy groups -OCH3 is 1. The summed E-state index contributed by atoms with van der Waals surface area (Å²) >= 11 is 0. The summed E-state index contributed by atoms with van der Waals surface area (Å²) in [5.41, 5.74) is 1.54. The zero-order valence-electron chi connectivity index (χ0n) is 22.6. The minimum atomic E-state index is -0.855. The Hall–Kier alpha value is -4.83. The van der Waals surface area contributed by atoms with Crippen LogP contribution in [0.3, 0.4) is 0 Å². The molecule has 3 aromatic heterocycles. The van der Waals surface area contributed by atoms with Gasteiger partial charge in [0.15, 0.2) is 5.69 Å². The highest BCUT2D eigenvalue weighted by Gasteiger charge is 2.34. The third kappa shape index (κ3) is 5.21. The van der Waals surface area contributed by atoms with Crippen molar-refractivity contribution in [3.63, 3.8) is 0 Å². The van der Waals surface area contributed by atoms with E-state index in [1.165, 1.54) is 37.7 Å². The van der Waals surface area contributed by atoms with Crippen LogP contribution in [0.4, 0.5) is 10.1 Å². The molecule has 0 saturated carbocycles. The first-order valence-corrected chi connectivity index (χ1v) is 12.3. The Balaban J connectivity index is 1.93. The van der Waals surface area contributed by atoms with E-state index >= 15 is 0 Å². The van der Waals surface area contributed by atoms with E-state index in [0.717, 1.165) is 10.3 Å². The second-order valence-electron chi connectivity index (χ2n) is 9.31. The molecule has 4 rings (SSSR count). The summed E-state index contributed by atoms with van der Waals surface area (Å²) in [4.78, 5) is 30.4. The van der Waals surface area contributed by atoms with Crippen molar-refractivity contribution in [2.45, 2.75) is 39.2 Å². The van der Waals surface area contributed by atoms with Crippen molar-refractivity contribution in [3.05, 3.63) is 86.4 Å². The molecule has 4 aromatic rings. The molecule has 0 spiro atoms. The first-order chi connectivity index (χ1) is 19.1. The minimum Gasteiger partial charge on any atom is -0.501 e. The van der Waals surface area contributed by atoms with Crippen molar-refractivity contribution in [2.24, 2.45) is 7.05 Å². The number of ether oxygens (including phenoxy) is 1. The van der Waals surface area contributed by atoms with Crippen LogP contribution in [0.25, 0.3) is 0 Å².